The predicted octanol–water partition coefficient (Wildman–Crippen LogP) is 4.18. The topological polar surface area (TPSA) is 66.9 Å². The summed E-state index contributed by atoms with van der Waals surface area (Å²) in [5.41, 5.74) is 4.28. The van der Waals surface area contributed by atoms with Gasteiger partial charge < -0.3 is 10.6 Å². The number of hydrogen-bond acceptors (Lipinski definition) is 4. The van der Waals surface area contributed by atoms with Crippen molar-refractivity contribution in [1.82, 2.24) is 15.3 Å². The number of nitrogens with one attached hydrogen (secondary N) is 2. The van der Waals surface area contributed by atoms with Gasteiger partial charge in [0.25, 0.3) is 5.91 Å². The first-order valence-corrected chi connectivity index (χ1v) is 8.79. The quantitative estimate of drug-likeness (QED) is 0.857. The summed E-state index contributed by atoms with van der Waals surface area (Å²) in [6.45, 7) is 12.0. The molecule has 2 aromatic rings. The van der Waals surface area contributed by atoms with Crippen LogP contribution in [0.3, 0.4) is 0 Å². The number of nitrogens with zero attached hydrogens (tertiary/aromatic N) is 2. The number of para-hydroxylation sites is 1. The van der Waals surface area contributed by atoms with Crippen molar-refractivity contribution in [1.29, 1.82) is 0 Å². The van der Waals surface area contributed by atoms with Crippen LogP contribution in [0.15, 0.2) is 24.3 Å². The molecule has 0 aliphatic rings. The average Bonchev–Trinajstić information content (AvgIpc) is 2.53. The molecule has 0 aliphatic heterocycles. The number of anilines is 2. The largest absolute Gasteiger partial charge is 0.346 e. The van der Waals surface area contributed by atoms with E-state index in [4.69, 9.17) is 0 Å². The molecule has 0 aliphatic carbocycles. The second-order valence-corrected chi connectivity index (χ2v) is 7.21. The van der Waals surface area contributed by atoms with Gasteiger partial charge in [-0.1, -0.05) is 32.0 Å². The Bertz CT molecular complexity index is 741. The molecule has 2 rings (SSSR count). The van der Waals surface area contributed by atoms with E-state index in [1.807, 2.05) is 27.7 Å². The number of aromatic nitrogens is 2. The van der Waals surface area contributed by atoms with E-state index in [0.717, 1.165) is 24.2 Å². The first-order chi connectivity index (χ1) is 11.7. The number of carbonyl (C=O) groups excluding carboxylic acids is 1. The third-order valence-corrected chi connectivity index (χ3v) is 3.81. The number of rotatable bonds is 5. The molecule has 1 heterocycles. The minimum absolute atomic E-state index is 0.194. The van der Waals surface area contributed by atoms with E-state index in [9.17, 15) is 4.79 Å². The molecule has 0 fully saturated rings. The van der Waals surface area contributed by atoms with Gasteiger partial charge >= 0.3 is 0 Å². The van der Waals surface area contributed by atoms with Crippen LogP contribution in [0.2, 0.25) is 0 Å². The molecule has 1 aromatic heterocycles. The van der Waals surface area contributed by atoms with Gasteiger partial charge in [0, 0.05) is 16.9 Å². The Balaban J connectivity index is 2.37. The van der Waals surface area contributed by atoms with Crippen LogP contribution in [0.25, 0.3) is 0 Å². The summed E-state index contributed by atoms with van der Waals surface area (Å²) in [6, 6.07) is 7.98. The van der Waals surface area contributed by atoms with Crippen LogP contribution in [0.1, 0.15) is 61.9 Å². The summed E-state index contributed by atoms with van der Waals surface area (Å²) in [4.78, 5) is 21.3. The summed E-state index contributed by atoms with van der Waals surface area (Å²) in [7, 11) is 0. The number of benzene rings is 1. The van der Waals surface area contributed by atoms with Crippen LogP contribution in [0, 0.1) is 6.92 Å². The van der Waals surface area contributed by atoms with Crippen molar-refractivity contribution in [2.75, 3.05) is 5.32 Å². The highest BCUT2D eigenvalue weighted by Gasteiger charge is 2.18. The van der Waals surface area contributed by atoms with E-state index in [2.05, 4.69) is 52.6 Å². The van der Waals surface area contributed by atoms with E-state index in [1.54, 1.807) is 6.07 Å². The molecule has 1 aromatic carbocycles. The van der Waals surface area contributed by atoms with Crippen molar-refractivity contribution < 1.29 is 4.79 Å². The van der Waals surface area contributed by atoms with E-state index in [1.165, 1.54) is 11.1 Å². The highest BCUT2D eigenvalue weighted by molar-refractivity contribution is 5.93. The molecule has 134 valence electrons. The third-order valence-electron chi connectivity index (χ3n) is 3.81. The van der Waals surface area contributed by atoms with Crippen molar-refractivity contribution in [3.05, 3.63) is 46.8 Å². The fourth-order valence-corrected chi connectivity index (χ4v) is 2.66. The fraction of sp³-hybridized carbons (Fsp3) is 0.450. The Hall–Kier alpha value is -2.43. The monoisotopic (exact) mass is 340 g/mol. The Morgan fingerprint density at radius 2 is 1.68 bits per heavy atom. The van der Waals surface area contributed by atoms with E-state index in [0.29, 0.717) is 11.6 Å². The van der Waals surface area contributed by atoms with Gasteiger partial charge in [-0.15, -0.1) is 0 Å². The molecule has 1 amide bonds. The average molecular weight is 340 g/mol. The molecule has 0 atom stereocenters. The van der Waals surface area contributed by atoms with Crippen molar-refractivity contribution in [2.45, 2.75) is 59.9 Å². The fourth-order valence-electron chi connectivity index (χ4n) is 2.66. The van der Waals surface area contributed by atoms with Crippen LogP contribution >= 0.6 is 0 Å². The maximum absolute atomic E-state index is 12.4. The third kappa shape index (κ3) is 5.02. The van der Waals surface area contributed by atoms with Gasteiger partial charge in [-0.25, -0.2) is 9.97 Å². The molecule has 0 unspecified atom stereocenters. The van der Waals surface area contributed by atoms with Gasteiger partial charge in [0.15, 0.2) is 0 Å². The second kappa shape index (κ2) is 7.64. The zero-order valence-corrected chi connectivity index (χ0v) is 16.0. The number of amides is 1. The first-order valence-electron chi connectivity index (χ1n) is 8.79. The predicted molar refractivity (Wildman–Crippen MR) is 102 cm³/mol. The highest BCUT2D eigenvalue weighted by atomic mass is 16.2. The minimum atomic E-state index is -0.312. The van der Waals surface area contributed by atoms with Crippen molar-refractivity contribution in [3.63, 3.8) is 0 Å². The molecule has 5 heteroatoms. The maximum atomic E-state index is 12.4. The van der Waals surface area contributed by atoms with E-state index in [-0.39, 0.29) is 11.4 Å². The van der Waals surface area contributed by atoms with Crippen molar-refractivity contribution >= 4 is 17.5 Å². The first kappa shape index (κ1) is 18.9. The van der Waals surface area contributed by atoms with Gasteiger partial charge in [0.1, 0.15) is 5.69 Å². The summed E-state index contributed by atoms with van der Waals surface area (Å²) < 4.78 is 0. The van der Waals surface area contributed by atoms with Crippen LogP contribution in [0.4, 0.5) is 11.6 Å². The molecule has 25 heavy (non-hydrogen) atoms. The van der Waals surface area contributed by atoms with Gasteiger partial charge in [-0.3, -0.25) is 4.79 Å². The summed E-state index contributed by atoms with van der Waals surface area (Å²) in [5.74, 6) is 0.259. The lowest BCUT2D eigenvalue weighted by Crippen LogP contribution is -2.41. The summed E-state index contributed by atoms with van der Waals surface area (Å²) in [5, 5.41) is 6.28. The van der Waals surface area contributed by atoms with Gasteiger partial charge in [-0.2, -0.15) is 0 Å². The maximum Gasteiger partial charge on any atom is 0.270 e. The molecule has 2 N–H and O–H groups in total. The van der Waals surface area contributed by atoms with Crippen LogP contribution in [-0.2, 0) is 12.8 Å². The molecular formula is C20H28N4O. The van der Waals surface area contributed by atoms with E-state index >= 15 is 0 Å². The second-order valence-electron chi connectivity index (χ2n) is 7.21. The molecule has 0 bridgehead atoms. The molecule has 0 spiro atoms. The van der Waals surface area contributed by atoms with Crippen molar-refractivity contribution in [3.8, 4) is 0 Å². The lowest BCUT2D eigenvalue weighted by atomic mass is 10.0. The van der Waals surface area contributed by atoms with Crippen LogP contribution < -0.4 is 10.6 Å². The smallest absolute Gasteiger partial charge is 0.270 e. The standard InChI is InChI=1S/C20H28N4O/c1-7-14-10-9-11-15(8-2)17(14)23-19-21-13(3)12-16(22-19)18(25)24-20(4,5)6/h9-12H,7-8H2,1-6H3,(H,24,25)(H,21,22,23). The SMILES string of the molecule is CCc1cccc(CC)c1Nc1nc(C)cc(C(=O)NC(C)(C)C)n1. The number of carbonyl (C=O) groups is 1. The lowest BCUT2D eigenvalue weighted by Gasteiger charge is -2.20. The summed E-state index contributed by atoms with van der Waals surface area (Å²) >= 11 is 0. The van der Waals surface area contributed by atoms with Gasteiger partial charge in [-0.05, 0) is 57.7 Å². The Morgan fingerprint density at radius 1 is 1.08 bits per heavy atom. The Labute approximate surface area is 150 Å². The Morgan fingerprint density at radius 3 is 2.20 bits per heavy atom. The molecule has 0 saturated carbocycles. The summed E-state index contributed by atoms with van der Waals surface area (Å²) in [6.07, 6.45) is 1.83. The molecular weight excluding hydrogens is 312 g/mol. The Kier molecular flexibility index (Phi) is 5.77. The van der Waals surface area contributed by atoms with Gasteiger partial charge in [0.05, 0.1) is 0 Å². The minimum Gasteiger partial charge on any atom is -0.346 e. The van der Waals surface area contributed by atoms with Crippen molar-refractivity contribution in [2.24, 2.45) is 0 Å². The van der Waals surface area contributed by atoms with Crippen LogP contribution in [0.5, 0.6) is 0 Å². The zero-order valence-electron chi connectivity index (χ0n) is 16.0. The molecule has 5 nitrogen and oxygen atoms in total. The lowest BCUT2D eigenvalue weighted by molar-refractivity contribution is 0.0914. The van der Waals surface area contributed by atoms with Gasteiger partial charge in [0.2, 0.25) is 5.95 Å². The normalized spacial score (nSPS) is 11.3. The number of aryl methyl sites for hydroxylation is 3. The highest BCUT2D eigenvalue weighted by Crippen LogP contribution is 2.25. The molecule has 0 saturated heterocycles. The zero-order chi connectivity index (χ0) is 18.6. The van der Waals surface area contributed by atoms with E-state index < -0.39 is 0 Å². The molecule has 0 radical (unpaired) electrons. The number of hydrogen-bond donors (Lipinski definition) is 2. The van der Waals surface area contributed by atoms with Crippen LogP contribution in [-0.4, -0.2) is 21.4 Å².